The number of hydrogen-bond donors (Lipinski definition) is 2. The maximum absolute atomic E-state index is 13.5. The predicted octanol–water partition coefficient (Wildman–Crippen LogP) is 3.95. The summed E-state index contributed by atoms with van der Waals surface area (Å²) in [5.74, 6) is -0.243. The molecule has 1 fully saturated rings. The number of nitrogens with zero attached hydrogens (tertiary/aromatic N) is 3. The van der Waals surface area contributed by atoms with Crippen molar-refractivity contribution in [1.82, 2.24) is 14.4 Å². The number of benzene rings is 2. The molecule has 1 saturated heterocycles. The molecule has 6 nitrogen and oxygen atoms in total. The number of carbonyl (C=O) groups is 1. The van der Waals surface area contributed by atoms with Gasteiger partial charge in [0.15, 0.2) is 0 Å². The Bertz CT molecular complexity index is 1180. The lowest BCUT2D eigenvalue weighted by Gasteiger charge is -2.34. The lowest BCUT2D eigenvalue weighted by Crippen LogP contribution is -2.49. The number of aryl methyl sites for hydroxylation is 1. The number of nitrogens with one attached hydrogen (secondary N) is 1. The quantitative estimate of drug-likeness (QED) is 0.496. The molecule has 2 aromatic carbocycles. The fraction of sp³-hybridized carbons (Fsp3) is 0.370. The van der Waals surface area contributed by atoms with Crippen molar-refractivity contribution in [3.63, 3.8) is 0 Å². The molecular weight excluding hydrogens is 431 g/mol. The molecule has 1 amide bonds. The first-order chi connectivity index (χ1) is 16.4. The van der Waals surface area contributed by atoms with E-state index in [1.54, 1.807) is 12.1 Å². The van der Waals surface area contributed by atoms with Crippen molar-refractivity contribution >= 4 is 22.5 Å². The molecule has 180 valence electrons. The van der Waals surface area contributed by atoms with Crippen LogP contribution in [0.4, 0.5) is 10.1 Å². The molecule has 34 heavy (non-hydrogen) atoms. The molecule has 1 aliphatic rings. The topological polar surface area (TPSA) is 60.7 Å². The number of piperazine rings is 1. The number of aliphatic hydroxyl groups is 1. The summed E-state index contributed by atoms with van der Waals surface area (Å²) in [4.78, 5) is 17.5. The second-order valence-corrected chi connectivity index (χ2v) is 8.87. The van der Waals surface area contributed by atoms with Crippen LogP contribution in [0.5, 0.6) is 0 Å². The van der Waals surface area contributed by atoms with Crippen LogP contribution in [0.3, 0.4) is 0 Å². The van der Waals surface area contributed by atoms with Crippen LogP contribution < -0.4 is 5.32 Å². The van der Waals surface area contributed by atoms with Crippen molar-refractivity contribution in [1.29, 1.82) is 0 Å². The highest BCUT2D eigenvalue weighted by molar-refractivity contribution is 6.04. The van der Waals surface area contributed by atoms with E-state index in [1.165, 1.54) is 12.1 Å². The average molecular weight is 465 g/mol. The molecule has 1 aromatic heterocycles. The number of β-amino-alcohol motifs (C(OH)–C–C–N with tert-alkyl or cyclic N) is 1. The van der Waals surface area contributed by atoms with Crippen molar-refractivity contribution in [2.75, 3.05) is 44.6 Å². The first-order valence-electron chi connectivity index (χ1n) is 11.8. The normalized spacial score (nSPS) is 14.5. The van der Waals surface area contributed by atoms with E-state index in [-0.39, 0.29) is 18.3 Å². The molecular formula is C27H33FN4O2. The molecule has 4 rings (SSSR count). The molecule has 0 atom stereocenters. The van der Waals surface area contributed by atoms with Gasteiger partial charge < -0.3 is 19.9 Å². The van der Waals surface area contributed by atoms with Crippen molar-refractivity contribution in [3.8, 4) is 0 Å². The Balaban J connectivity index is 1.69. The van der Waals surface area contributed by atoms with E-state index in [2.05, 4.69) is 35.2 Å². The van der Waals surface area contributed by atoms with Gasteiger partial charge in [-0.15, -0.1) is 6.58 Å². The van der Waals surface area contributed by atoms with Gasteiger partial charge in [-0.1, -0.05) is 18.2 Å². The third-order valence-electron chi connectivity index (χ3n) is 6.76. The Morgan fingerprint density at radius 2 is 1.85 bits per heavy atom. The summed E-state index contributed by atoms with van der Waals surface area (Å²) in [6.45, 7) is 12.9. The van der Waals surface area contributed by atoms with Crippen molar-refractivity contribution < 1.29 is 14.3 Å². The molecule has 0 spiro atoms. The number of amides is 1. The second kappa shape index (κ2) is 10.4. The van der Waals surface area contributed by atoms with Gasteiger partial charge in [-0.2, -0.15) is 0 Å². The Labute approximate surface area is 200 Å². The molecule has 0 saturated carbocycles. The van der Waals surface area contributed by atoms with Gasteiger partial charge in [0, 0.05) is 62.5 Å². The van der Waals surface area contributed by atoms with Gasteiger partial charge in [0.05, 0.1) is 17.8 Å². The van der Waals surface area contributed by atoms with E-state index in [4.69, 9.17) is 0 Å². The summed E-state index contributed by atoms with van der Waals surface area (Å²) in [6.07, 6.45) is 1.88. The Hall–Kier alpha value is -3.16. The summed E-state index contributed by atoms with van der Waals surface area (Å²) < 4.78 is 15.6. The molecule has 2 N–H and O–H groups in total. The van der Waals surface area contributed by atoms with Crippen LogP contribution in [0.2, 0.25) is 0 Å². The molecule has 7 heteroatoms. The molecule has 3 aromatic rings. The van der Waals surface area contributed by atoms with Gasteiger partial charge >= 0.3 is 0 Å². The Kier molecular flexibility index (Phi) is 7.34. The summed E-state index contributed by atoms with van der Waals surface area (Å²) in [7, 11) is 0. The van der Waals surface area contributed by atoms with Crippen LogP contribution >= 0.6 is 0 Å². The van der Waals surface area contributed by atoms with Gasteiger partial charge in [0.25, 0.3) is 5.91 Å². The number of aliphatic hydroxyl groups excluding tert-OH is 1. The molecule has 0 bridgehead atoms. The van der Waals surface area contributed by atoms with Gasteiger partial charge in [-0.05, 0) is 49.2 Å². The van der Waals surface area contributed by atoms with Crippen LogP contribution in [0.1, 0.15) is 27.2 Å². The fourth-order valence-corrected chi connectivity index (χ4v) is 4.69. The van der Waals surface area contributed by atoms with Crippen LogP contribution in [0.25, 0.3) is 10.9 Å². The van der Waals surface area contributed by atoms with Gasteiger partial charge in [0.1, 0.15) is 5.82 Å². The van der Waals surface area contributed by atoms with Crippen molar-refractivity contribution in [2.45, 2.75) is 26.9 Å². The summed E-state index contributed by atoms with van der Waals surface area (Å²) in [5, 5.41) is 13.7. The summed E-state index contributed by atoms with van der Waals surface area (Å²) >= 11 is 0. The monoisotopic (exact) mass is 464 g/mol. The first-order valence-corrected chi connectivity index (χ1v) is 11.8. The first kappa shape index (κ1) is 24.0. The number of carbonyl (C=O) groups excluding carboxylic acids is 1. The zero-order valence-corrected chi connectivity index (χ0v) is 20.0. The van der Waals surface area contributed by atoms with Gasteiger partial charge in [0.2, 0.25) is 0 Å². The van der Waals surface area contributed by atoms with E-state index < -0.39 is 0 Å². The second-order valence-electron chi connectivity index (χ2n) is 8.87. The lowest BCUT2D eigenvalue weighted by molar-refractivity contribution is 0.0615. The number of halogens is 1. The largest absolute Gasteiger partial charge is 0.395 e. The van der Waals surface area contributed by atoms with Crippen molar-refractivity contribution in [2.24, 2.45) is 0 Å². The maximum atomic E-state index is 13.5. The molecule has 2 heterocycles. The zero-order chi connectivity index (χ0) is 24.2. The number of allylic oxidation sites excluding steroid dienone is 1. The van der Waals surface area contributed by atoms with Crippen LogP contribution in [-0.4, -0.2) is 64.7 Å². The predicted molar refractivity (Wildman–Crippen MR) is 135 cm³/mol. The zero-order valence-electron chi connectivity index (χ0n) is 20.0. The van der Waals surface area contributed by atoms with E-state index >= 15 is 0 Å². The molecule has 1 aliphatic heterocycles. The van der Waals surface area contributed by atoms with Crippen LogP contribution in [0, 0.1) is 19.7 Å². The smallest absolute Gasteiger partial charge is 0.254 e. The minimum atomic E-state index is -0.260. The highest BCUT2D eigenvalue weighted by atomic mass is 19.1. The number of anilines is 1. The minimum Gasteiger partial charge on any atom is -0.395 e. The standard InChI is InChI=1S/C27H33FN4O2/c1-4-9-32-20(3)19(2)24-16-22(27(34)31-12-10-30(11-13-31)14-15-33)17-25(26(24)32)29-18-21-5-7-23(28)8-6-21/h4-8,16-17,29,33H,1,9-15,18H2,2-3H3. The number of rotatable bonds is 8. The highest BCUT2D eigenvalue weighted by Gasteiger charge is 2.24. The molecule has 0 aliphatic carbocycles. The van der Waals surface area contributed by atoms with E-state index in [0.717, 1.165) is 46.5 Å². The van der Waals surface area contributed by atoms with Gasteiger partial charge in [-0.3, -0.25) is 9.69 Å². The van der Waals surface area contributed by atoms with Crippen LogP contribution in [0.15, 0.2) is 49.1 Å². The fourth-order valence-electron chi connectivity index (χ4n) is 4.69. The highest BCUT2D eigenvalue weighted by Crippen LogP contribution is 2.33. The summed E-state index contributed by atoms with van der Waals surface area (Å²) in [5.41, 5.74) is 5.82. The van der Waals surface area contributed by atoms with Gasteiger partial charge in [-0.25, -0.2) is 4.39 Å². The van der Waals surface area contributed by atoms with E-state index in [9.17, 15) is 14.3 Å². The molecule has 0 radical (unpaired) electrons. The maximum Gasteiger partial charge on any atom is 0.254 e. The average Bonchev–Trinajstić information content (AvgIpc) is 3.09. The molecule has 0 unspecified atom stereocenters. The Morgan fingerprint density at radius 3 is 2.50 bits per heavy atom. The van der Waals surface area contributed by atoms with Crippen molar-refractivity contribution in [3.05, 3.63) is 77.3 Å². The third kappa shape index (κ3) is 4.86. The Morgan fingerprint density at radius 1 is 1.15 bits per heavy atom. The van der Waals surface area contributed by atoms with E-state index in [0.29, 0.717) is 38.3 Å². The minimum absolute atomic E-state index is 0.0175. The summed E-state index contributed by atoms with van der Waals surface area (Å²) in [6, 6.07) is 10.4. The number of hydrogen-bond acceptors (Lipinski definition) is 4. The SMILES string of the molecule is C=CCn1c(C)c(C)c2cc(C(=O)N3CCN(CCO)CC3)cc(NCc3ccc(F)cc3)c21. The number of fused-ring (bicyclic) bond motifs is 1. The lowest BCUT2D eigenvalue weighted by atomic mass is 10.1. The third-order valence-corrected chi connectivity index (χ3v) is 6.76. The van der Waals surface area contributed by atoms with Crippen LogP contribution in [-0.2, 0) is 13.1 Å². The number of aromatic nitrogens is 1. The van der Waals surface area contributed by atoms with E-state index in [1.807, 2.05) is 23.1 Å².